The van der Waals surface area contributed by atoms with Gasteiger partial charge < -0.3 is 26.2 Å². The summed E-state index contributed by atoms with van der Waals surface area (Å²) in [5, 5.41) is 13.5. The van der Waals surface area contributed by atoms with Gasteiger partial charge in [0, 0.05) is 11.4 Å². The van der Waals surface area contributed by atoms with Gasteiger partial charge >= 0.3 is 5.97 Å². The lowest BCUT2D eigenvalue weighted by Gasteiger charge is -2.07. The van der Waals surface area contributed by atoms with Gasteiger partial charge in [0.05, 0.1) is 36.1 Å². The first-order valence-corrected chi connectivity index (χ1v) is 9.93. The molecule has 9 heteroatoms. The van der Waals surface area contributed by atoms with Crippen LogP contribution in [-0.4, -0.2) is 52.3 Å². The molecular formula is C18H24N3O5S+. The lowest BCUT2D eigenvalue weighted by Crippen LogP contribution is -2.87. The van der Waals surface area contributed by atoms with Crippen molar-refractivity contribution in [2.24, 2.45) is 0 Å². The molecule has 0 unspecified atom stereocenters. The third kappa shape index (κ3) is 6.55. The molecule has 0 amide bonds. The van der Waals surface area contributed by atoms with Crippen LogP contribution in [0.25, 0.3) is 0 Å². The number of ether oxygens (including phenoxy) is 1. The predicted molar refractivity (Wildman–Crippen MR) is 101 cm³/mol. The second kappa shape index (κ2) is 9.91. The van der Waals surface area contributed by atoms with Crippen LogP contribution in [0.3, 0.4) is 0 Å². The van der Waals surface area contributed by atoms with Gasteiger partial charge in [-0.2, -0.15) is 0 Å². The van der Waals surface area contributed by atoms with Crippen molar-refractivity contribution < 1.29 is 28.4 Å². The number of aliphatic carboxylic acids is 1. The van der Waals surface area contributed by atoms with Crippen LogP contribution in [0.2, 0.25) is 0 Å². The molecule has 0 bridgehead atoms. The van der Waals surface area contributed by atoms with Gasteiger partial charge in [-0.3, -0.25) is 4.79 Å². The number of morpholine rings is 1. The maximum absolute atomic E-state index is 12.4. The predicted octanol–water partition coefficient (Wildman–Crippen LogP) is 0.178. The van der Waals surface area contributed by atoms with Crippen LogP contribution in [0.4, 0.5) is 11.4 Å². The summed E-state index contributed by atoms with van der Waals surface area (Å²) < 4.78 is 29.8. The molecule has 2 aromatic carbocycles. The number of carbonyl (C=O) groups is 1. The van der Waals surface area contributed by atoms with Crippen LogP contribution in [0.5, 0.6) is 0 Å². The summed E-state index contributed by atoms with van der Waals surface area (Å²) in [5.41, 5.74) is 6.56. The van der Waals surface area contributed by atoms with Crippen LogP contribution in [-0.2, 0) is 19.4 Å². The fourth-order valence-electron chi connectivity index (χ4n) is 2.29. The summed E-state index contributed by atoms with van der Waals surface area (Å²) in [6.07, 6.45) is 0. The average molecular weight is 394 g/mol. The normalized spacial score (nSPS) is 13.9. The fourth-order valence-corrected chi connectivity index (χ4v) is 3.55. The zero-order valence-corrected chi connectivity index (χ0v) is 15.6. The Bertz CT molecular complexity index is 821. The first-order valence-electron chi connectivity index (χ1n) is 8.45. The van der Waals surface area contributed by atoms with Crippen molar-refractivity contribution in [3.05, 3.63) is 48.5 Å². The van der Waals surface area contributed by atoms with Gasteiger partial charge in [-0.05, 0) is 48.5 Å². The number of rotatable bonds is 5. The van der Waals surface area contributed by atoms with Crippen molar-refractivity contribution in [1.29, 1.82) is 0 Å². The van der Waals surface area contributed by atoms with Crippen LogP contribution in [0.15, 0.2) is 58.3 Å². The number of carboxylic acid groups (broad SMARTS) is 1. The van der Waals surface area contributed by atoms with Crippen molar-refractivity contribution >= 4 is 27.2 Å². The van der Waals surface area contributed by atoms with Gasteiger partial charge in [0.15, 0.2) is 0 Å². The molecule has 6 N–H and O–H groups in total. The van der Waals surface area contributed by atoms with E-state index in [4.69, 9.17) is 15.6 Å². The van der Waals surface area contributed by atoms with E-state index in [1.165, 1.54) is 48.5 Å². The molecule has 1 aliphatic rings. The lowest BCUT2D eigenvalue weighted by atomic mass is 10.3. The minimum Gasteiger partial charge on any atom is -0.480 e. The number of benzene rings is 2. The monoisotopic (exact) mass is 394 g/mol. The van der Waals surface area contributed by atoms with Crippen molar-refractivity contribution in [3.8, 4) is 0 Å². The summed E-state index contributed by atoms with van der Waals surface area (Å²) >= 11 is 0. The number of hydrogen-bond acceptors (Lipinski definition) is 6. The molecule has 3 rings (SSSR count). The fraction of sp³-hybridized carbons (Fsp3) is 0.278. The van der Waals surface area contributed by atoms with Crippen LogP contribution < -0.4 is 16.4 Å². The smallest absolute Gasteiger partial charge is 0.322 e. The third-order valence-corrected chi connectivity index (χ3v) is 5.52. The first kappa shape index (κ1) is 20.7. The molecular weight excluding hydrogens is 370 g/mol. The zero-order valence-electron chi connectivity index (χ0n) is 14.8. The van der Waals surface area contributed by atoms with E-state index in [1.54, 1.807) is 0 Å². The molecule has 1 heterocycles. The molecule has 0 aromatic heterocycles. The number of nitrogens with one attached hydrogen (secondary N) is 1. The summed E-state index contributed by atoms with van der Waals surface area (Å²) in [7, 11) is -3.60. The van der Waals surface area contributed by atoms with Crippen LogP contribution >= 0.6 is 0 Å². The van der Waals surface area contributed by atoms with E-state index in [9.17, 15) is 13.2 Å². The topological polar surface area (TPSA) is 135 Å². The summed E-state index contributed by atoms with van der Waals surface area (Å²) in [6.45, 7) is 3.96. The maximum atomic E-state index is 12.4. The quantitative estimate of drug-likeness (QED) is 0.531. The standard InChI is InChI=1S/C14H14N2O4S.C4H9NO/c15-10-1-5-12(6-2-10)21(19,20)13-7-3-11(4-8-13)16-9-14(17)18;1-3-6-4-2-5-1/h1-8,16H,9,15H2,(H,17,18);5H,1-4H2/p+1. The van der Waals surface area contributed by atoms with Crippen molar-refractivity contribution in [3.63, 3.8) is 0 Å². The molecule has 8 nitrogen and oxygen atoms in total. The Morgan fingerprint density at radius 2 is 1.56 bits per heavy atom. The van der Waals surface area contributed by atoms with Gasteiger partial charge in [-0.15, -0.1) is 0 Å². The van der Waals surface area contributed by atoms with Gasteiger partial charge in [-0.1, -0.05) is 0 Å². The number of carboxylic acids is 1. The average Bonchev–Trinajstić information content (AvgIpc) is 2.69. The number of nitrogens with two attached hydrogens (primary N) is 2. The highest BCUT2D eigenvalue weighted by atomic mass is 32.2. The first-order chi connectivity index (χ1) is 12.9. The van der Waals surface area contributed by atoms with E-state index < -0.39 is 15.8 Å². The summed E-state index contributed by atoms with van der Waals surface area (Å²) in [6, 6.07) is 11.8. The van der Waals surface area contributed by atoms with Crippen LogP contribution in [0, 0.1) is 0 Å². The molecule has 1 fully saturated rings. The number of nitrogen functional groups attached to an aromatic ring is 1. The second-order valence-electron chi connectivity index (χ2n) is 5.82. The summed E-state index contributed by atoms with van der Waals surface area (Å²) in [5.74, 6) is -0.992. The Morgan fingerprint density at radius 1 is 1.04 bits per heavy atom. The Labute approximate surface area is 158 Å². The van der Waals surface area contributed by atoms with E-state index in [0.29, 0.717) is 11.4 Å². The SMILES string of the molecule is C1COCC[NH2+]1.Nc1ccc(S(=O)(=O)c2ccc(NCC(=O)O)cc2)cc1. The molecule has 0 saturated carbocycles. The molecule has 0 spiro atoms. The van der Waals surface area contributed by atoms with E-state index in [1.807, 2.05) is 0 Å². The van der Waals surface area contributed by atoms with Gasteiger partial charge in [0.25, 0.3) is 0 Å². The van der Waals surface area contributed by atoms with E-state index in [0.717, 1.165) is 26.3 Å². The molecule has 2 aromatic rings. The minimum absolute atomic E-state index is 0.133. The molecule has 1 saturated heterocycles. The highest BCUT2D eigenvalue weighted by Crippen LogP contribution is 2.23. The Kier molecular flexibility index (Phi) is 7.59. The molecule has 27 heavy (non-hydrogen) atoms. The lowest BCUT2D eigenvalue weighted by molar-refractivity contribution is -0.670. The Morgan fingerprint density at radius 3 is 1.96 bits per heavy atom. The van der Waals surface area contributed by atoms with Crippen LogP contribution in [0.1, 0.15) is 0 Å². The Balaban J connectivity index is 0.000000369. The van der Waals surface area contributed by atoms with E-state index in [2.05, 4.69) is 10.6 Å². The second-order valence-corrected chi connectivity index (χ2v) is 7.77. The van der Waals surface area contributed by atoms with E-state index >= 15 is 0 Å². The largest absolute Gasteiger partial charge is 0.480 e. The zero-order chi connectivity index (χ0) is 19.7. The maximum Gasteiger partial charge on any atom is 0.322 e. The molecule has 1 aliphatic heterocycles. The van der Waals surface area contributed by atoms with Gasteiger partial charge in [-0.25, -0.2) is 8.42 Å². The molecule has 146 valence electrons. The number of quaternary nitrogens is 1. The summed E-state index contributed by atoms with van der Waals surface area (Å²) in [4.78, 5) is 10.7. The minimum atomic E-state index is -3.60. The van der Waals surface area contributed by atoms with Gasteiger partial charge in [0.1, 0.15) is 6.54 Å². The van der Waals surface area contributed by atoms with Crippen molar-refractivity contribution in [2.75, 3.05) is 43.9 Å². The number of hydrogen-bond donors (Lipinski definition) is 4. The van der Waals surface area contributed by atoms with Crippen molar-refractivity contribution in [1.82, 2.24) is 0 Å². The third-order valence-electron chi connectivity index (χ3n) is 3.73. The highest BCUT2D eigenvalue weighted by Gasteiger charge is 2.17. The Hall–Kier alpha value is -2.62. The molecule has 0 radical (unpaired) electrons. The van der Waals surface area contributed by atoms with E-state index in [-0.39, 0.29) is 16.3 Å². The molecule has 0 aliphatic carbocycles. The van der Waals surface area contributed by atoms with Crippen molar-refractivity contribution in [2.45, 2.75) is 9.79 Å². The van der Waals surface area contributed by atoms with Gasteiger partial charge in [0.2, 0.25) is 9.84 Å². The number of anilines is 2. The highest BCUT2D eigenvalue weighted by molar-refractivity contribution is 7.91. The number of sulfone groups is 1. The molecule has 0 atom stereocenters.